The lowest BCUT2D eigenvalue weighted by molar-refractivity contribution is 0.975. The fourth-order valence-electron chi connectivity index (χ4n) is 16.9. The molecule has 0 bridgehead atoms. The van der Waals surface area contributed by atoms with Gasteiger partial charge in [0.2, 0.25) is 0 Å². The molecule has 0 aromatic heterocycles. The van der Waals surface area contributed by atoms with Crippen LogP contribution in [0.25, 0.3) is 33.4 Å². The lowest BCUT2D eigenvalue weighted by Gasteiger charge is -2.37. The van der Waals surface area contributed by atoms with Gasteiger partial charge < -0.3 is 0 Å². The third-order valence-electron chi connectivity index (χ3n) is 20.9. The van der Waals surface area contributed by atoms with Gasteiger partial charge in [0, 0.05) is 11.8 Å². The molecule has 0 amide bonds. The number of hydrogen-bond acceptors (Lipinski definition) is 0. The van der Waals surface area contributed by atoms with E-state index in [0.717, 1.165) is 0 Å². The van der Waals surface area contributed by atoms with E-state index in [0.29, 0.717) is 0 Å². The second-order valence-corrected chi connectivity index (χ2v) is 37.1. The average Bonchev–Trinajstić information content (AvgIpc) is 0.961. The summed E-state index contributed by atoms with van der Waals surface area (Å²) in [7, 11) is -8.89. The normalized spacial score (nSPS) is 13.3. The van der Waals surface area contributed by atoms with Gasteiger partial charge in [0.05, 0.1) is 0 Å². The molecule has 15 aromatic carbocycles. The van der Waals surface area contributed by atoms with Crippen LogP contribution in [0.1, 0.15) is 45.2 Å². The van der Waals surface area contributed by atoms with Gasteiger partial charge in [0.15, 0.2) is 24.2 Å². The van der Waals surface area contributed by atoms with Crippen LogP contribution in [0.5, 0.6) is 0 Å². The van der Waals surface area contributed by atoms with Gasteiger partial charge in [-0.25, -0.2) is 0 Å². The molecule has 0 saturated carbocycles. The van der Waals surface area contributed by atoms with Crippen LogP contribution < -0.4 is 62.2 Å². The van der Waals surface area contributed by atoms with Crippen LogP contribution in [0, 0.1) is 0 Å². The van der Waals surface area contributed by atoms with Crippen molar-refractivity contribution in [2.75, 3.05) is 0 Å². The summed E-state index contributed by atoms with van der Waals surface area (Å²) in [5.41, 5.74) is 15.7. The smallest absolute Gasteiger partial charge is 0.0623 e. The molecule has 0 heterocycles. The Kier molecular flexibility index (Phi) is 14.9. The first kappa shape index (κ1) is 57.8. The Morgan fingerprint density at radius 2 is 0.400 bits per heavy atom. The topological polar surface area (TPSA) is 0 Å². The van der Waals surface area contributed by atoms with E-state index in [-0.39, 0.29) is 11.8 Å². The predicted molar refractivity (Wildman–Crippen MR) is 408 cm³/mol. The van der Waals surface area contributed by atoms with E-state index >= 15 is 0 Å². The zero-order valence-corrected chi connectivity index (χ0v) is 55.8. The minimum atomic E-state index is -3.05. The quantitative estimate of drug-likeness (QED) is 0.0709. The molecule has 0 spiro atoms. The lowest BCUT2D eigenvalue weighted by Crippen LogP contribution is -2.76. The maximum Gasteiger partial charge on any atom is 0.179 e. The van der Waals surface area contributed by atoms with Gasteiger partial charge in [-0.2, -0.15) is 0 Å². The molecule has 1 unspecified atom stereocenters. The molecule has 0 nitrogen and oxygen atoms in total. The summed E-state index contributed by atoms with van der Waals surface area (Å²) in [4.78, 5) is 0. The Morgan fingerprint density at radius 1 is 0.147 bits per heavy atom. The van der Waals surface area contributed by atoms with Crippen LogP contribution in [0.15, 0.2) is 400 Å². The average molecular weight is 1260 g/mol. The summed E-state index contributed by atoms with van der Waals surface area (Å²) in [6.07, 6.45) is 0. The molecule has 2 aliphatic carbocycles. The fraction of sp³-hybridized carbons (Fsp3) is 0.0217. The van der Waals surface area contributed by atoms with Crippen LogP contribution in [0.3, 0.4) is 0 Å². The van der Waals surface area contributed by atoms with E-state index < -0.39 is 24.2 Å². The van der Waals surface area contributed by atoms with E-state index in [2.05, 4.69) is 400 Å². The van der Waals surface area contributed by atoms with Crippen LogP contribution in [-0.2, 0) is 0 Å². The molecule has 95 heavy (non-hydrogen) atoms. The van der Waals surface area contributed by atoms with Crippen molar-refractivity contribution in [3.05, 3.63) is 434 Å². The standard InChI is InChI=1S/C92H68Si3/c1-9-33-71(34-10-1)93(72-35-11-2-12-36-72,73-37-13-3-14-38-73)79-57-59-80(60-58-79)94(74-39-15-4-16-40-74,75-41-17-5-18-42-75)81-49-31-32-67(63-81)68-56-61-89-90(66-68)85-52-27-30-55-88(85)92(89)70-62-69(91-86-53-28-25-50-83(86)84-51-26-29-54-87(84)91)64-82(65-70)95(76-43-19-6-20-44-76,77-45-21-7-22-46-77)78-47-23-8-24-48-78/h1-66,91-92H. The highest BCUT2D eigenvalue weighted by atomic mass is 28.3. The third-order valence-corrected chi connectivity index (χ3v) is 35.2. The number of benzene rings is 15. The summed E-state index contributed by atoms with van der Waals surface area (Å²) < 4.78 is 0. The Balaban J connectivity index is 0.849. The molecule has 0 N–H and O–H groups in total. The van der Waals surface area contributed by atoms with Crippen LogP contribution in [-0.4, -0.2) is 24.2 Å². The highest BCUT2D eigenvalue weighted by Gasteiger charge is 2.46. The lowest BCUT2D eigenvalue weighted by atomic mass is 9.84. The van der Waals surface area contributed by atoms with Gasteiger partial charge >= 0.3 is 0 Å². The predicted octanol–water partition coefficient (Wildman–Crippen LogP) is 13.8. The van der Waals surface area contributed by atoms with Gasteiger partial charge in [-0.15, -0.1) is 0 Å². The number of fused-ring (bicyclic) bond motifs is 6. The van der Waals surface area contributed by atoms with Gasteiger partial charge in [0.1, 0.15) is 0 Å². The summed E-state index contributed by atoms with van der Waals surface area (Å²) in [6.45, 7) is 0. The first-order valence-corrected chi connectivity index (χ1v) is 39.4. The summed E-state index contributed by atoms with van der Waals surface area (Å²) >= 11 is 0. The van der Waals surface area contributed by atoms with Gasteiger partial charge in [-0.1, -0.05) is 394 Å². The molecule has 1 atom stereocenters. The minimum Gasteiger partial charge on any atom is -0.0623 e. The van der Waals surface area contributed by atoms with E-state index in [4.69, 9.17) is 0 Å². The van der Waals surface area contributed by atoms with Gasteiger partial charge in [-0.3, -0.25) is 0 Å². The first-order valence-electron chi connectivity index (χ1n) is 33.4. The van der Waals surface area contributed by atoms with Crippen LogP contribution in [0.4, 0.5) is 0 Å². The summed E-state index contributed by atoms with van der Waals surface area (Å²) in [6, 6.07) is 154. The van der Waals surface area contributed by atoms with Crippen LogP contribution >= 0.6 is 0 Å². The van der Waals surface area contributed by atoms with Crippen molar-refractivity contribution in [1.29, 1.82) is 0 Å². The molecule has 17 rings (SSSR count). The SMILES string of the molecule is c1ccc([Si](c2ccccc2)(c2ccccc2)c2ccc([Si](c3ccccc3)(c3ccccc3)c3cccc(-c4ccc5c(c4)-c4ccccc4C5c4cc(C5c6ccccc6-c6ccccc65)cc([Si](c5ccccc5)(c5ccccc5)c5ccccc5)c4)c3)cc2)cc1. The third kappa shape index (κ3) is 9.52. The Labute approximate surface area is 561 Å². The zero-order chi connectivity index (χ0) is 63.2. The van der Waals surface area contributed by atoms with E-state index in [1.54, 1.807) is 0 Å². The Morgan fingerprint density at radius 3 is 0.747 bits per heavy atom. The molecular weight excluding hydrogens is 1190 g/mol. The second kappa shape index (κ2) is 24.4. The number of rotatable bonds is 15. The monoisotopic (exact) mass is 1260 g/mol. The summed E-state index contributed by atoms with van der Waals surface area (Å²) in [5, 5.41) is 16.4. The molecule has 0 radical (unpaired) electrons. The molecule has 3 heteroatoms. The Bertz CT molecular complexity index is 4940. The van der Waals surface area contributed by atoms with Crippen molar-refractivity contribution in [2.45, 2.75) is 11.8 Å². The maximum atomic E-state index is 2.64. The van der Waals surface area contributed by atoms with Crippen molar-refractivity contribution in [1.82, 2.24) is 0 Å². The number of hydrogen-bond donors (Lipinski definition) is 0. The molecule has 2 aliphatic rings. The van der Waals surface area contributed by atoms with E-state index in [1.807, 2.05) is 0 Å². The zero-order valence-electron chi connectivity index (χ0n) is 52.8. The second-order valence-electron chi connectivity index (χ2n) is 25.7. The highest BCUT2D eigenvalue weighted by molar-refractivity contribution is 7.21. The molecule has 0 aliphatic heterocycles. The highest BCUT2D eigenvalue weighted by Crippen LogP contribution is 2.52. The molecule has 15 aromatic rings. The maximum absolute atomic E-state index is 3.05. The molecular formula is C92H68Si3. The Hall–Kier alpha value is -11.0. The minimum absolute atomic E-state index is 0.0205. The van der Waals surface area contributed by atoms with Crippen molar-refractivity contribution in [3.8, 4) is 33.4 Å². The molecule has 0 fully saturated rings. The molecule has 448 valence electrons. The van der Waals surface area contributed by atoms with Crippen molar-refractivity contribution < 1.29 is 0 Å². The summed E-state index contributed by atoms with van der Waals surface area (Å²) in [5.74, 6) is 0.0300. The van der Waals surface area contributed by atoms with E-state index in [1.165, 1.54) is 129 Å². The largest absolute Gasteiger partial charge is 0.179 e. The van der Waals surface area contributed by atoms with Gasteiger partial charge in [-0.05, 0) is 135 Å². The fourth-order valence-corrected chi connectivity index (χ4v) is 31.2. The van der Waals surface area contributed by atoms with E-state index in [9.17, 15) is 0 Å². The van der Waals surface area contributed by atoms with Gasteiger partial charge in [0.25, 0.3) is 0 Å². The van der Waals surface area contributed by atoms with Crippen LogP contribution in [0.2, 0.25) is 0 Å². The van der Waals surface area contributed by atoms with Crippen molar-refractivity contribution in [3.63, 3.8) is 0 Å². The first-order chi connectivity index (χ1) is 47.1. The molecule has 0 saturated heterocycles. The van der Waals surface area contributed by atoms with Crippen molar-refractivity contribution in [2.24, 2.45) is 0 Å². The van der Waals surface area contributed by atoms with Crippen molar-refractivity contribution >= 4 is 86.5 Å².